The van der Waals surface area contributed by atoms with Gasteiger partial charge >= 0.3 is 5.97 Å². The first kappa shape index (κ1) is 9.64. The normalized spacial score (nSPS) is 18.6. The van der Waals surface area contributed by atoms with E-state index in [0.29, 0.717) is 24.5 Å². The number of hydrogen-bond donors (Lipinski definition) is 1. The van der Waals surface area contributed by atoms with Crippen LogP contribution in [-0.4, -0.2) is 22.5 Å². The van der Waals surface area contributed by atoms with Crippen molar-refractivity contribution in [2.24, 2.45) is 0 Å². The predicted octanol–water partition coefficient (Wildman–Crippen LogP) is 1.11. The third-order valence-electron chi connectivity index (χ3n) is 2.15. The van der Waals surface area contributed by atoms with Crippen molar-refractivity contribution in [3.05, 3.63) is 29.7 Å². The number of ether oxygens (including phenoxy) is 1. The number of cyclic esters (lactones) is 1. The van der Waals surface area contributed by atoms with Crippen molar-refractivity contribution >= 4 is 11.9 Å². The van der Waals surface area contributed by atoms with Gasteiger partial charge in [0.05, 0.1) is 12.2 Å². The first-order valence-electron chi connectivity index (χ1n) is 4.68. The van der Waals surface area contributed by atoms with Crippen LogP contribution in [0.15, 0.2) is 29.7 Å². The Morgan fingerprint density at radius 2 is 2.20 bits per heavy atom. The molecule has 2 rings (SSSR count). The van der Waals surface area contributed by atoms with E-state index in [2.05, 4.69) is 15.3 Å². The van der Waals surface area contributed by atoms with Crippen LogP contribution in [0, 0.1) is 0 Å². The Labute approximate surface area is 87.2 Å². The third-order valence-corrected chi connectivity index (χ3v) is 2.15. The fourth-order valence-electron chi connectivity index (χ4n) is 1.38. The average molecular weight is 205 g/mol. The maximum atomic E-state index is 11.2. The highest BCUT2D eigenvalue weighted by Crippen LogP contribution is 2.17. The second kappa shape index (κ2) is 4.08. The lowest BCUT2D eigenvalue weighted by molar-refractivity contribution is -0.135. The Morgan fingerprint density at radius 1 is 1.47 bits per heavy atom. The van der Waals surface area contributed by atoms with E-state index in [1.165, 1.54) is 0 Å². The van der Waals surface area contributed by atoms with Crippen LogP contribution in [0.25, 0.3) is 0 Å². The minimum Gasteiger partial charge on any atom is -0.462 e. The topological polar surface area (TPSA) is 64.1 Å². The zero-order valence-electron chi connectivity index (χ0n) is 8.36. The van der Waals surface area contributed by atoms with E-state index in [1.807, 2.05) is 6.92 Å². The number of nitrogens with zero attached hydrogens (tertiary/aromatic N) is 2. The monoisotopic (exact) mass is 205 g/mol. The maximum absolute atomic E-state index is 11.2. The number of esters is 1. The number of aromatic nitrogens is 2. The number of anilines is 1. The van der Waals surface area contributed by atoms with E-state index in [4.69, 9.17) is 4.74 Å². The second-order valence-corrected chi connectivity index (χ2v) is 3.19. The molecular formula is C10H11N3O2. The summed E-state index contributed by atoms with van der Waals surface area (Å²) in [5.74, 6) is 0.234. The number of carbonyl (C=O) groups excluding carboxylic acids is 1. The molecule has 0 aromatic carbocycles. The van der Waals surface area contributed by atoms with E-state index in [-0.39, 0.29) is 5.97 Å². The quantitative estimate of drug-likeness (QED) is 0.578. The van der Waals surface area contributed by atoms with Crippen molar-refractivity contribution < 1.29 is 9.53 Å². The van der Waals surface area contributed by atoms with E-state index in [1.54, 1.807) is 18.5 Å². The van der Waals surface area contributed by atoms with Crippen molar-refractivity contribution in [3.8, 4) is 0 Å². The summed E-state index contributed by atoms with van der Waals surface area (Å²) in [6.45, 7) is 2.28. The second-order valence-electron chi connectivity index (χ2n) is 3.19. The highest BCUT2D eigenvalue weighted by Gasteiger charge is 2.21. The fraction of sp³-hybridized carbons (Fsp3) is 0.300. The van der Waals surface area contributed by atoms with Gasteiger partial charge in [0.25, 0.3) is 0 Å². The van der Waals surface area contributed by atoms with Crippen molar-refractivity contribution in [1.29, 1.82) is 0 Å². The summed E-state index contributed by atoms with van der Waals surface area (Å²) in [5.41, 5.74) is 1.42. The molecule has 2 heterocycles. The summed E-state index contributed by atoms with van der Waals surface area (Å²) < 4.78 is 4.85. The lowest BCUT2D eigenvalue weighted by atomic mass is 10.2. The predicted molar refractivity (Wildman–Crippen MR) is 53.9 cm³/mol. The maximum Gasteiger partial charge on any atom is 0.335 e. The van der Waals surface area contributed by atoms with Crippen molar-refractivity contribution in [3.63, 3.8) is 0 Å². The van der Waals surface area contributed by atoms with Gasteiger partial charge in [0.2, 0.25) is 5.95 Å². The summed E-state index contributed by atoms with van der Waals surface area (Å²) in [6, 6.07) is 1.73. The molecule has 0 bridgehead atoms. The number of allylic oxidation sites excluding steroid dienone is 1. The van der Waals surface area contributed by atoms with E-state index in [0.717, 1.165) is 5.70 Å². The molecule has 0 spiro atoms. The molecule has 1 fully saturated rings. The highest BCUT2D eigenvalue weighted by molar-refractivity contribution is 5.91. The molecule has 5 heteroatoms. The summed E-state index contributed by atoms with van der Waals surface area (Å²) in [6.07, 6.45) is 3.92. The van der Waals surface area contributed by atoms with Crippen LogP contribution < -0.4 is 5.32 Å². The van der Waals surface area contributed by atoms with E-state index < -0.39 is 0 Å². The van der Waals surface area contributed by atoms with Gasteiger partial charge in [-0.15, -0.1) is 0 Å². The minimum absolute atomic E-state index is 0.254. The Balaban J connectivity index is 2.16. The first-order chi connectivity index (χ1) is 7.27. The fourth-order valence-corrected chi connectivity index (χ4v) is 1.38. The van der Waals surface area contributed by atoms with Gasteiger partial charge in [0.1, 0.15) is 0 Å². The largest absolute Gasteiger partial charge is 0.462 e. The third kappa shape index (κ3) is 2.12. The Morgan fingerprint density at radius 3 is 2.80 bits per heavy atom. The number of carbonyl (C=O) groups is 1. The van der Waals surface area contributed by atoms with Crippen LogP contribution in [0.2, 0.25) is 0 Å². The summed E-state index contributed by atoms with van der Waals surface area (Å²) in [4.78, 5) is 19.3. The van der Waals surface area contributed by atoms with Gasteiger partial charge in [-0.05, 0) is 13.0 Å². The molecule has 0 amide bonds. The van der Waals surface area contributed by atoms with Crippen LogP contribution in [0.3, 0.4) is 0 Å². The molecule has 1 aromatic rings. The average Bonchev–Trinajstić information content (AvgIpc) is 2.66. The highest BCUT2D eigenvalue weighted by atomic mass is 16.5. The Hall–Kier alpha value is -1.91. The van der Waals surface area contributed by atoms with Gasteiger partial charge < -0.3 is 10.1 Å². The molecule has 1 N–H and O–H groups in total. The van der Waals surface area contributed by atoms with Gasteiger partial charge in [0.15, 0.2) is 0 Å². The van der Waals surface area contributed by atoms with Gasteiger partial charge in [-0.3, -0.25) is 0 Å². The molecule has 1 aliphatic heterocycles. The lowest BCUT2D eigenvalue weighted by Gasteiger charge is -2.05. The lowest BCUT2D eigenvalue weighted by Crippen LogP contribution is -2.06. The molecule has 1 aliphatic rings. The molecule has 1 saturated heterocycles. The van der Waals surface area contributed by atoms with Crippen LogP contribution in [-0.2, 0) is 9.53 Å². The molecule has 78 valence electrons. The van der Waals surface area contributed by atoms with E-state index >= 15 is 0 Å². The Kier molecular flexibility index (Phi) is 2.62. The number of rotatable bonds is 2. The molecule has 5 nitrogen and oxygen atoms in total. The zero-order valence-corrected chi connectivity index (χ0v) is 8.36. The van der Waals surface area contributed by atoms with Crippen LogP contribution in [0.5, 0.6) is 0 Å². The van der Waals surface area contributed by atoms with E-state index in [9.17, 15) is 4.79 Å². The molecule has 0 radical (unpaired) electrons. The smallest absolute Gasteiger partial charge is 0.335 e. The van der Waals surface area contributed by atoms with Crippen LogP contribution in [0.1, 0.15) is 13.3 Å². The Bertz CT molecular complexity index is 400. The summed E-state index contributed by atoms with van der Waals surface area (Å²) in [5, 5.41) is 2.97. The van der Waals surface area contributed by atoms with Gasteiger partial charge in [-0.25, -0.2) is 14.8 Å². The molecular weight excluding hydrogens is 194 g/mol. The molecule has 0 atom stereocenters. The minimum atomic E-state index is -0.254. The molecule has 0 saturated carbocycles. The van der Waals surface area contributed by atoms with Gasteiger partial charge in [-0.2, -0.15) is 0 Å². The summed E-state index contributed by atoms with van der Waals surface area (Å²) >= 11 is 0. The zero-order chi connectivity index (χ0) is 10.7. The van der Waals surface area contributed by atoms with Crippen molar-refractivity contribution in [2.45, 2.75) is 13.3 Å². The van der Waals surface area contributed by atoms with Crippen molar-refractivity contribution in [2.75, 3.05) is 11.9 Å². The molecule has 0 unspecified atom stereocenters. The first-order valence-corrected chi connectivity index (χ1v) is 4.68. The van der Waals surface area contributed by atoms with Crippen molar-refractivity contribution in [1.82, 2.24) is 9.97 Å². The molecule has 1 aromatic heterocycles. The summed E-state index contributed by atoms with van der Waals surface area (Å²) in [7, 11) is 0. The van der Waals surface area contributed by atoms with Crippen LogP contribution >= 0.6 is 0 Å². The van der Waals surface area contributed by atoms with Gasteiger partial charge in [-0.1, -0.05) is 0 Å². The standard InChI is InChI=1S/C10H11N3O2/c1-7(8-3-6-15-9(8)14)13-10-11-4-2-5-12-10/h2,4-5H,3,6H2,1H3,(H,11,12,13)/b8-7+. The van der Waals surface area contributed by atoms with Gasteiger partial charge in [0, 0.05) is 24.5 Å². The SMILES string of the molecule is C/C(Nc1ncccn1)=C1/CCOC1=O. The number of nitrogens with one attached hydrogen (secondary N) is 1. The molecule has 0 aliphatic carbocycles. The number of hydrogen-bond acceptors (Lipinski definition) is 5. The molecule has 15 heavy (non-hydrogen) atoms. The van der Waals surface area contributed by atoms with Crippen LogP contribution in [0.4, 0.5) is 5.95 Å².